The summed E-state index contributed by atoms with van der Waals surface area (Å²) in [5.74, 6) is 0.514. The highest BCUT2D eigenvalue weighted by Crippen LogP contribution is 2.05. The highest BCUT2D eigenvalue weighted by Gasteiger charge is 2.17. The summed E-state index contributed by atoms with van der Waals surface area (Å²) in [6, 6.07) is 0. The molecule has 0 aromatic carbocycles. The molecule has 20 heavy (non-hydrogen) atoms. The molecule has 0 aliphatic heterocycles. The Morgan fingerprint density at radius 2 is 2.00 bits per heavy atom. The molecule has 0 bridgehead atoms. The third-order valence-corrected chi connectivity index (χ3v) is 5.42. The van der Waals surface area contributed by atoms with Crippen molar-refractivity contribution < 1.29 is 16.8 Å². The van der Waals surface area contributed by atoms with Crippen LogP contribution in [-0.2, 0) is 20.0 Å². The van der Waals surface area contributed by atoms with Crippen LogP contribution in [0.5, 0.6) is 0 Å². The lowest BCUT2D eigenvalue weighted by molar-refractivity contribution is 0.424. The highest BCUT2D eigenvalue weighted by atomic mass is 32.2. The Hall–Kier alpha value is -0.970. The number of imidazole rings is 1. The molecule has 0 radical (unpaired) electrons. The van der Waals surface area contributed by atoms with Gasteiger partial charge in [-0.25, -0.2) is 30.8 Å². The van der Waals surface area contributed by atoms with Crippen LogP contribution in [0.4, 0.5) is 0 Å². The molecule has 0 spiro atoms. The highest BCUT2D eigenvalue weighted by molar-refractivity contribution is 7.89. The van der Waals surface area contributed by atoms with Gasteiger partial charge in [0.1, 0.15) is 5.82 Å². The van der Waals surface area contributed by atoms with Crippen molar-refractivity contribution in [1.82, 2.24) is 19.0 Å². The number of aromatic nitrogens is 2. The molecular weight excluding hydrogens is 304 g/mol. The van der Waals surface area contributed by atoms with Gasteiger partial charge in [-0.05, 0) is 13.3 Å². The number of hydrogen-bond acceptors (Lipinski definition) is 5. The maximum Gasteiger partial charge on any atom is 0.257 e. The van der Waals surface area contributed by atoms with Crippen LogP contribution in [-0.4, -0.2) is 57.0 Å². The zero-order valence-electron chi connectivity index (χ0n) is 11.7. The first-order chi connectivity index (χ1) is 9.16. The summed E-state index contributed by atoms with van der Waals surface area (Å²) in [6.45, 7) is 4.19. The minimum Gasteiger partial charge on any atom is -0.332 e. The number of aromatic amines is 1. The van der Waals surface area contributed by atoms with Gasteiger partial charge in [-0.1, -0.05) is 6.92 Å². The van der Waals surface area contributed by atoms with E-state index in [9.17, 15) is 16.8 Å². The summed E-state index contributed by atoms with van der Waals surface area (Å²) in [6.07, 6.45) is 2.77. The number of aryl methyl sites for hydroxylation is 1. The van der Waals surface area contributed by atoms with Gasteiger partial charge in [0, 0.05) is 19.6 Å². The maximum absolute atomic E-state index is 11.8. The first kappa shape index (κ1) is 17.1. The average Bonchev–Trinajstić information content (AvgIpc) is 2.75. The van der Waals surface area contributed by atoms with E-state index in [1.165, 1.54) is 10.5 Å². The molecule has 0 aliphatic rings. The molecule has 8 nitrogen and oxygen atoms in total. The Kier molecular flexibility index (Phi) is 5.68. The van der Waals surface area contributed by atoms with Gasteiger partial charge in [-0.3, -0.25) is 0 Å². The van der Waals surface area contributed by atoms with E-state index < -0.39 is 20.0 Å². The monoisotopic (exact) mass is 324 g/mol. The molecule has 0 saturated heterocycles. The number of hydrogen-bond donors (Lipinski definition) is 2. The predicted octanol–water partition coefficient (Wildman–Crippen LogP) is -0.332. The van der Waals surface area contributed by atoms with E-state index in [2.05, 4.69) is 14.7 Å². The lowest BCUT2D eigenvalue weighted by atomic mass is 10.4. The van der Waals surface area contributed by atoms with Crippen LogP contribution in [0.3, 0.4) is 0 Å². The number of nitrogens with one attached hydrogen (secondary N) is 2. The van der Waals surface area contributed by atoms with Gasteiger partial charge in [0.25, 0.3) is 10.0 Å². The SMILES string of the molecule is CCN(CCCNS(=O)(=O)c1cnc(C)[nH]1)S(C)(=O)=O. The van der Waals surface area contributed by atoms with Crippen molar-refractivity contribution in [1.29, 1.82) is 0 Å². The fourth-order valence-corrected chi connectivity index (χ4v) is 3.60. The molecule has 0 aliphatic carbocycles. The molecule has 116 valence electrons. The molecule has 10 heteroatoms. The van der Waals surface area contributed by atoms with Crippen LogP contribution in [0.2, 0.25) is 0 Å². The van der Waals surface area contributed by atoms with E-state index in [1.807, 2.05) is 0 Å². The van der Waals surface area contributed by atoms with Gasteiger partial charge < -0.3 is 4.98 Å². The predicted molar refractivity (Wildman–Crippen MR) is 75.2 cm³/mol. The first-order valence-electron chi connectivity index (χ1n) is 6.13. The van der Waals surface area contributed by atoms with Crippen molar-refractivity contribution in [2.45, 2.75) is 25.3 Å². The Bertz CT molecular complexity index is 636. The second-order valence-corrected chi connectivity index (χ2v) is 8.06. The van der Waals surface area contributed by atoms with Crippen LogP contribution in [0, 0.1) is 6.92 Å². The Balaban J connectivity index is 2.49. The van der Waals surface area contributed by atoms with Gasteiger partial charge in [-0.15, -0.1) is 0 Å². The summed E-state index contributed by atoms with van der Waals surface area (Å²) in [5, 5.41) is 0.00506. The summed E-state index contributed by atoms with van der Waals surface area (Å²) >= 11 is 0. The molecule has 1 aromatic heterocycles. The average molecular weight is 324 g/mol. The van der Waals surface area contributed by atoms with Crippen molar-refractivity contribution in [3.63, 3.8) is 0 Å². The zero-order chi connectivity index (χ0) is 15.4. The third-order valence-electron chi connectivity index (χ3n) is 2.67. The third kappa shape index (κ3) is 4.85. The Morgan fingerprint density at radius 1 is 1.35 bits per heavy atom. The van der Waals surface area contributed by atoms with Crippen molar-refractivity contribution in [2.75, 3.05) is 25.9 Å². The van der Waals surface area contributed by atoms with Crippen LogP contribution < -0.4 is 4.72 Å². The van der Waals surface area contributed by atoms with Gasteiger partial charge >= 0.3 is 0 Å². The lowest BCUT2D eigenvalue weighted by Crippen LogP contribution is -2.33. The molecular formula is C10H20N4O4S2. The molecule has 1 aromatic rings. The first-order valence-corrected chi connectivity index (χ1v) is 9.46. The Labute approximate surface area is 119 Å². The molecule has 1 rings (SSSR count). The number of rotatable bonds is 8. The molecule has 0 unspecified atom stereocenters. The fraction of sp³-hybridized carbons (Fsp3) is 0.700. The lowest BCUT2D eigenvalue weighted by Gasteiger charge is -2.17. The number of H-pyrrole nitrogens is 1. The van der Waals surface area contributed by atoms with Crippen molar-refractivity contribution in [3.8, 4) is 0 Å². The van der Waals surface area contributed by atoms with Crippen molar-refractivity contribution in [2.24, 2.45) is 0 Å². The topological polar surface area (TPSA) is 112 Å². The fourth-order valence-electron chi connectivity index (χ4n) is 1.63. The van der Waals surface area contributed by atoms with Gasteiger partial charge in [0.05, 0.1) is 12.5 Å². The van der Waals surface area contributed by atoms with Crippen LogP contribution >= 0.6 is 0 Å². The molecule has 1 heterocycles. The van der Waals surface area contributed by atoms with Crippen LogP contribution in [0.25, 0.3) is 0 Å². The zero-order valence-corrected chi connectivity index (χ0v) is 13.4. The van der Waals surface area contributed by atoms with Crippen LogP contribution in [0.15, 0.2) is 11.2 Å². The number of nitrogens with zero attached hydrogens (tertiary/aromatic N) is 2. The van der Waals surface area contributed by atoms with Gasteiger partial charge in [-0.2, -0.15) is 0 Å². The quantitative estimate of drug-likeness (QED) is 0.636. The summed E-state index contributed by atoms with van der Waals surface area (Å²) in [7, 11) is -6.86. The van der Waals surface area contributed by atoms with E-state index in [0.717, 1.165) is 6.26 Å². The molecule has 2 N–H and O–H groups in total. The van der Waals surface area contributed by atoms with Gasteiger partial charge in [0.2, 0.25) is 10.0 Å². The van der Waals surface area contributed by atoms with Gasteiger partial charge in [0.15, 0.2) is 5.03 Å². The smallest absolute Gasteiger partial charge is 0.257 e. The molecule has 0 atom stereocenters. The van der Waals surface area contributed by atoms with E-state index in [-0.39, 0.29) is 18.1 Å². The standard InChI is InChI=1S/C10H20N4O4S2/c1-4-14(19(3,15)16)7-5-6-12-20(17,18)10-8-11-9(2)13-10/h8,12H,4-7H2,1-3H3,(H,11,13). The summed E-state index contributed by atoms with van der Waals surface area (Å²) < 4.78 is 50.1. The Morgan fingerprint density at radius 3 is 2.45 bits per heavy atom. The summed E-state index contributed by atoms with van der Waals surface area (Å²) in [4.78, 5) is 6.46. The number of sulfonamides is 2. The molecule has 0 fully saturated rings. The second kappa shape index (κ2) is 6.66. The normalized spacial score (nSPS) is 13.0. The minimum atomic E-state index is -3.62. The summed E-state index contributed by atoms with van der Waals surface area (Å²) in [5.41, 5.74) is 0. The van der Waals surface area contributed by atoms with Crippen molar-refractivity contribution in [3.05, 3.63) is 12.0 Å². The molecule has 0 amide bonds. The van der Waals surface area contributed by atoms with Crippen LogP contribution in [0.1, 0.15) is 19.2 Å². The van der Waals surface area contributed by atoms with E-state index in [4.69, 9.17) is 0 Å². The van der Waals surface area contributed by atoms with E-state index in [0.29, 0.717) is 18.8 Å². The molecule has 0 saturated carbocycles. The largest absolute Gasteiger partial charge is 0.332 e. The maximum atomic E-state index is 11.8. The van der Waals surface area contributed by atoms with E-state index in [1.54, 1.807) is 13.8 Å². The van der Waals surface area contributed by atoms with E-state index >= 15 is 0 Å². The van der Waals surface area contributed by atoms with Crippen molar-refractivity contribution >= 4 is 20.0 Å². The minimum absolute atomic E-state index is 0.00506. The second-order valence-electron chi connectivity index (χ2n) is 4.34.